The van der Waals surface area contributed by atoms with E-state index in [1.165, 1.54) is 0 Å². The highest BCUT2D eigenvalue weighted by molar-refractivity contribution is 4.37. The van der Waals surface area contributed by atoms with Gasteiger partial charge in [0.05, 0.1) is 67.0 Å². The van der Waals surface area contributed by atoms with Crippen molar-refractivity contribution >= 4 is 0 Å². The molecule has 20 heavy (non-hydrogen) atoms. The predicted octanol–water partition coefficient (Wildman–Crippen LogP) is 0.141. The summed E-state index contributed by atoms with van der Waals surface area (Å²) in [5.41, 5.74) is 0. The highest BCUT2D eigenvalue weighted by Gasteiger charge is 2.12. The molecule has 0 spiro atoms. The van der Waals surface area contributed by atoms with E-state index in [1.807, 2.05) is 6.92 Å². The Morgan fingerprint density at radius 1 is 0.700 bits per heavy atom. The van der Waals surface area contributed by atoms with E-state index in [0.29, 0.717) is 46.2 Å². The van der Waals surface area contributed by atoms with Gasteiger partial charge in [0, 0.05) is 6.61 Å². The standard InChI is InChI=1S/C14H32NO5/c1-4-17-9-10-19-13-14-20-12-11-18-8-6-15(2,3)5-7-16/h16H,4-14H2,1-3H3/q+1. The molecule has 6 heteroatoms. The van der Waals surface area contributed by atoms with Gasteiger partial charge in [-0.15, -0.1) is 0 Å². The van der Waals surface area contributed by atoms with Gasteiger partial charge in [-0.25, -0.2) is 0 Å². The Balaban J connectivity index is 3.13. The van der Waals surface area contributed by atoms with Crippen LogP contribution in [0.3, 0.4) is 0 Å². The van der Waals surface area contributed by atoms with Crippen LogP contribution in [0.5, 0.6) is 0 Å². The largest absolute Gasteiger partial charge is 0.391 e. The first-order chi connectivity index (χ1) is 9.62. The fourth-order valence-electron chi connectivity index (χ4n) is 1.50. The van der Waals surface area contributed by atoms with Crippen molar-refractivity contribution in [1.29, 1.82) is 0 Å². The van der Waals surface area contributed by atoms with E-state index in [1.54, 1.807) is 0 Å². The summed E-state index contributed by atoms with van der Waals surface area (Å²) in [7, 11) is 4.16. The summed E-state index contributed by atoms with van der Waals surface area (Å²) < 4.78 is 22.1. The van der Waals surface area contributed by atoms with Gasteiger partial charge in [-0.05, 0) is 6.92 Å². The summed E-state index contributed by atoms with van der Waals surface area (Å²) in [6.07, 6.45) is 0. The number of likely N-dealkylation sites (N-methyl/N-ethyl adjacent to an activating group) is 1. The zero-order valence-electron chi connectivity index (χ0n) is 13.3. The van der Waals surface area contributed by atoms with Crippen molar-refractivity contribution in [3.8, 4) is 0 Å². The Hall–Kier alpha value is -0.240. The Bertz CT molecular complexity index is 202. The normalized spacial score (nSPS) is 12.0. The van der Waals surface area contributed by atoms with Crippen LogP contribution in [0.25, 0.3) is 0 Å². The van der Waals surface area contributed by atoms with Crippen LogP contribution in [0.1, 0.15) is 6.92 Å². The predicted molar refractivity (Wildman–Crippen MR) is 77.9 cm³/mol. The fraction of sp³-hybridized carbons (Fsp3) is 1.00. The van der Waals surface area contributed by atoms with Crippen molar-refractivity contribution < 1.29 is 28.5 Å². The molecule has 0 fully saturated rings. The lowest BCUT2D eigenvalue weighted by Crippen LogP contribution is -2.44. The Morgan fingerprint density at radius 3 is 1.60 bits per heavy atom. The highest BCUT2D eigenvalue weighted by Crippen LogP contribution is 1.95. The summed E-state index contributed by atoms with van der Waals surface area (Å²) in [6.45, 7) is 8.83. The molecule has 0 aliphatic carbocycles. The molecule has 0 radical (unpaired) electrons. The van der Waals surface area contributed by atoms with E-state index in [0.717, 1.165) is 24.2 Å². The van der Waals surface area contributed by atoms with Crippen LogP contribution in [-0.2, 0) is 18.9 Å². The maximum Gasteiger partial charge on any atom is 0.102 e. The first-order valence-electron chi connectivity index (χ1n) is 7.36. The molecule has 0 saturated carbocycles. The third-order valence-corrected chi connectivity index (χ3v) is 2.87. The summed E-state index contributed by atoms with van der Waals surface area (Å²) in [6, 6.07) is 0. The second kappa shape index (κ2) is 13.7. The van der Waals surface area contributed by atoms with Gasteiger partial charge in [-0.3, -0.25) is 0 Å². The van der Waals surface area contributed by atoms with Crippen molar-refractivity contribution in [2.45, 2.75) is 6.92 Å². The highest BCUT2D eigenvalue weighted by atomic mass is 16.6. The van der Waals surface area contributed by atoms with Gasteiger partial charge in [0.2, 0.25) is 0 Å². The summed E-state index contributed by atoms with van der Waals surface area (Å²) in [5.74, 6) is 0. The Kier molecular flexibility index (Phi) is 13.6. The van der Waals surface area contributed by atoms with E-state index in [-0.39, 0.29) is 6.61 Å². The molecule has 0 aromatic carbocycles. The van der Waals surface area contributed by atoms with E-state index in [2.05, 4.69) is 14.1 Å². The molecule has 1 N–H and O–H groups in total. The monoisotopic (exact) mass is 294 g/mol. The molecule has 0 heterocycles. The smallest absolute Gasteiger partial charge is 0.102 e. The topological polar surface area (TPSA) is 57.2 Å². The van der Waals surface area contributed by atoms with Crippen LogP contribution in [0.4, 0.5) is 0 Å². The van der Waals surface area contributed by atoms with E-state index >= 15 is 0 Å². The molecule has 0 amide bonds. The zero-order chi connectivity index (χ0) is 15.1. The van der Waals surface area contributed by atoms with Crippen molar-refractivity contribution in [2.75, 3.05) is 86.6 Å². The maximum atomic E-state index is 8.90. The minimum Gasteiger partial charge on any atom is -0.391 e. The van der Waals surface area contributed by atoms with Crippen LogP contribution in [0, 0.1) is 0 Å². The molecule has 0 saturated heterocycles. The van der Waals surface area contributed by atoms with Gasteiger partial charge >= 0.3 is 0 Å². The van der Waals surface area contributed by atoms with Gasteiger partial charge in [0.25, 0.3) is 0 Å². The second-order valence-corrected chi connectivity index (χ2v) is 5.14. The lowest BCUT2D eigenvalue weighted by molar-refractivity contribution is -0.891. The molecule has 0 atom stereocenters. The number of rotatable bonds is 15. The van der Waals surface area contributed by atoms with Crippen molar-refractivity contribution in [1.82, 2.24) is 0 Å². The van der Waals surface area contributed by atoms with Crippen LogP contribution in [0.2, 0.25) is 0 Å². The third kappa shape index (κ3) is 14.2. The number of hydrogen-bond donors (Lipinski definition) is 1. The van der Waals surface area contributed by atoms with Gasteiger partial charge in [0.15, 0.2) is 0 Å². The van der Waals surface area contributed by atoms with Crippen molar-refractivity contribution in [2.24, 2.45) is 0 Å². The molecule has 122 valence electrons. The quantitative estimate of drug-likeness (QED) is 0.344. The molecule has 0 rings (SSSR count). The van der Waals surface area contributed by atoms with Gasteiger partial charge in [0.1, 0.15) is 13.1 Å². The molecule has 0 aromatic rings. The minimum absolute atomic E-state index is 0.208. The molecule has 0 aromatic heterocycles. The second-order valence-electron chi connectivity index (χ2n) is 5.14. The van der Waals surface area contributed by atoms with Gasteiger partial charge < -0.3 is 28.5 Å². The lowest BCUT2D eigenvalue weighted by Gasteiger charge is -2.28. The van der Waals surface area contributed by atoms with Crippen LogP contribution >= 0.6 is 0 Å². The summed E-state index contributed by atoms with van der Waals surface area (Å²) >= 11 is 0. The molecular formula is C14H32NO5+. The first kappa shape index (κ1) is 19.8. The molecule has 0 aliphatic rings. The Morgan fingerprint density at radius 2 is 1.15 bits per heavy atom. The molecule has 6 nitrogen and oxygen atoms in total. The number of quaternary nitrogens is 1. The minimum atomic E-state index is 0.208. The molecule has 0 aliphatic heterocycles. The zero-order valence-corrected chi connectivity index (χ0v) is 13.3. The summed E-state index contributed by atoms with van der Waals surface area (Å²) in [4.78, 5) is 0. The number of aliphatic hydroxyl groups is 1. The Labute approximate surface area is 123 Å². The average molecular weight is 294 g/mol. The lowest BCUT2D eigenvalue weighted by atomic mass is 10.4. The average Bonchev–Trinajstić information content (AvgIpc) is 2.40. The first-order valence-corrected chi connectivity index (χ1v) is 7.36. The molecular weight excluding hydrogens is 262 g/mol. The molecule has 0 unspecified atom stereocenters. The van der Waals surface area contributed by atoms with E-state index in [9.17, 15) is 0 Å². The maximum absolute atomic E-state index is 8.90. The van der Waals surface area contributed by atoms with Crippen LogP contribution in [0.15, 0.2) is 0 Å². The van der Waals surface area contributed by atoms with Gasteiger partial charge in [-0.2, -0.15) is 0 Å². The van der Waals surface area contributed by atoms with E-state index in [4.69, 9.17) is 24.1 Å². The SMILES string of the molecule is CCOCCOCCOCCOCC[N+](C)(C)CCO. The number of ether oxygens (including phenoxy) is 4. The fourth-order valence-corrected chi connectivity index (χ4v) is 1.50. The van der Waals surface area contributed by atoms with Gasteiger partial charge in [-0.1, -0.05) is 0 Å². The number of hydrogen-bond acceptors (Lipinski definition) is 5. The van der Waals surface area contributed by atoms with Crippen LogP contribution in [-0.4, -0.2) is 96.2 Å². The summed E-state index contributed by atoms with van der Waals surface area (Å²) in [5, 5.41) is 8.90. The van der Waals surface area contributed by atoms with Crippen LogP contribution < -0.4 is 0 Å². The third-order valence-electron chi connectivity index (χ3n) is 2.87. The van der Waals surface area contributed by atoms with Crippen molar-refractivity contribution in [3.05, 3.63) is 0 Å². The number of aliphatic hydroxyl groups excluding tert-OH is 1. The number of nitrogens with zero attached hydrogens (tertiary/aromatic N) is 1. The van der Waals surface area contributed by atoms with E-state index < -0.39 is 0 Å². The molecule has 0 bridgehead atoms. The van der Waals surface area contributed by atoms with Crippen molar-refractivity contribution in [3.63, 3.8) is 0 Å².